The van der Waals surface area contributed by atoms with E-state index >= 15 is 0 Å². The topological polar surface area (TPSA) is 159 Å². The van der Waals surface area contributed by atoms with Crippen molar-refractivity contribution in [2.24, 2.45) is 0 Å². The SMILES string of the molecule is CCc1cc(Nc2cc3onc(NS(=O)(=O)c4c(OC)ccc(C5COCCO5)c4OC)c3cc2OC)n[nH]1. The number of hydrogen-bond donors (Lipinski definition) is 3. The van der Waals surface area contributed by atoms with Crippen molar-refractivity contribution >= 4 is 38.3 Å². The van der Waals surface area contributed by atoms with Crippen molar-refractivity contribution in [3.63, 3.8) is 0 Å². The van der Waals surface area contributed by atoms with Gasteiger partial charge in [-0.2, -0.15) is 5.10 Å². The Bertz CT molecular complexity index is 1580. The number of aromatic amines is 1. The van der Waals surface area contributed by atoms with Crippen LogP contribution in [0, 0.1) is 0 Å². The number of aromatic nitrogens is 3. The molecule has 1 aliphatic rings. The predicted octanol–water partition coefficient (Wildman–Crippen LogP) is 3.77. The van der Waals surface area contributed by atoms with Crippen LogP contribution >= 0.6 is 0 Å². The van der Waals surface area contributed by atoms with Gasteiger partial charge in [-0.05, 0) is 24.6 Å². The standard InChI is InChI=1S/C25H29N5O8S/c1-5-14-10-22(28-27-14)26-17-12-19-16(11-20(17)34-3)25(29-38-19)30-39(31,32)24-18(33-2)7-6-15(23(24)35-4)21-13-36-8-9-37-21/h6-7,10-12,21H,5,8-9,13H2,1-4H3,(H,29,30)(H2,26,27,28). The fourth-order valence-corrected chi connectivity index (χ4v) is 5.70. The average Bonchev–Trinajstić information content (AvgIpc) is 3.58. The van der Waals surface area contributed by atoms with Crippen LogP contribution in [0.4, 0.5) is 17.3 Å². The van der Waals surface area contributed by atoms with Gasteiger partial charge in [-0.3, -0.25) is 9.82 Å². The van der Waals surface area contributed by atoms with Crippen molar-refractivity contribution < 1.29 is 36.6 Å². The fourth-order valence-electron chi connectivity index (χ4n) is 4.33. The molecule has 2 aromatic carbocycles. The van der Waals surface area contributed by atoms with Gasteiger partial charge in [0, 0.05) is 23.4 Å². The highest BCUT2D eigenvalue weighted by atomic mass is 32.2. The number of aryl methyl sites for hydroxylation is 1. The Morgan fingerprint density at radius 3 is 2.56 bits per heavy atom. The summed E-state index contributed by atoms with van der Waals surface area (Å²) in [6.07, 6.45) is 0.302. The molecule has 2 aromatic heterocycles. The van der Waals surface area contributed by atoms with Crippen LogP contribution in [0.5, 0.6) is 17.2 Å². The molecule has 0 aliphatic carbocycles. The molecule has 0 amide bonds. The molecule has 13 nitrogen and oxygen atoms in total. The summed E-state index contributed by atoms with van der Waals surface area (Å²) in [6.45, 7) is 3.12. The molecule has 3 heterocycles. The number of hydrogen-bond acceptors (Lipinski definition) is 11. The summed E-state index contributed by atoms with van der Waals surface area (Å²) in [5, 5.41) is 14.7. The largest absolute Gasteiger partial charge is 0.495 e. The van der Waals surface area contributed by atoms with Gasteiger partial charge in [0.05, 0.1) is 52.2 Å². The number of methoxy groups -OCH3 is 3. The van der Waals surface area contributed by atoms with Gasteiger partial charge in [0.25, 0.3) is 10.0 Å². The average molecular weight is 560 g/mol. The zero-order valence-electron chi connectivity index (χ0n) is 21.9. The van der Waals surface area contributed by atoms with Crippen LogP contribution in [0.1, 0.15) is 24.3 Å². The number of anilines is 3. The second kappa shape index (κ2) is 11.0. The lowest BCUT2D eigenvalue weighted by Crippen LogP contribution is -2.23. The molecule has 1 aliphatic heterocycles. The van der Waals surface area contributed by atoms with Crippen molar-refractivity contribution in [2.45, 2.75) is 24.3 Å². The van der Waals surface area contributed by atoms with Crippen molar-refractivity contribution in [3.8, 4) is 17.2 Å². The molecule has 0 radical (unpaired) electrons. The van der Waals surface area contributed by atoms with Crippen molar-refractivity contribution in [3.05, 3.63) is 41.6 Å². The Balaban J connectivity index is 1.51. The lowest BCUT2D eigenvalue weighted by atomic mass is 10.1. The van der Waals surface area contributed by atoms with Crippen LogP contribution in [-0.4, -0.2) is 64.9 Å². The monoisotopic (exact) mass is 559 g/mol. The Morgan fingerprint density at radius 1 is 1.08 bits per heavy atom. The normalized spacial score (nSPS) is 15.7. The minimum Gasteiger partial charge on any atom is -0.495 e. The third-order valence-corrected chi connectivity index (χ3v) is 7.65. The number of nitrogens with one attached hydrogen (secondary N) is 3. The first-order valence-electron chi connectivity index (χ1n) is 12.1. The summed E-state index contributed by atoms with van der Waals surface area (Å²) in [5.41, 5.74) is 2.37. The minimum absolute atomic E-state index is 0.0327. The van der Waals surface area contributed by atoms with E-state index in [9.17, 15) is 8.42 Å². The molecule has 39 heavy (non-hydrogen) atoms. The molecule has 1 atom stereocenters. The summed E-state index contributed by atoms with van der Waals surface area (Å²) in [4.78, 5) is -0.203. The number of ether oxygens (including phenoxy) is 5. The first-order valence-corrected chi connectivity index (χ1v) is 13.6. The molecule has 5 rings (SSSR count). The molecule has 1 fully saturated rings. The van der Waals surface area contributed by atoms with E-state index in [0.29, 0.717) is 47.0 Å². The number of fused-ring (bicyclic) bond motifs is 1. The van der Waals surface area contributed by atoms with Crippen molar-refractivity contribution in [1.29, 1.82) is 0 Å². The van der Waals surface area contributed by atoms with Gasteiger partial charge in [0.15, 0.2) is 22.1 Å². The van der Waals surface area contributed by atoms with Gasteiger partial charge in [-0.1, -0.05) is 12.1 Å². The third kappa shape index (κ3) is 5.17. The molecule has 4 aromatic rings. The van der Waals surface area contributed by atoms with Gasteiger partial charge >= 0.3 is 0 Å². The van der Waals surface area contributed by atoms with Gasteiger partial charge < -0.3 is 33.5 Å². The minimum atomic E-state index is -4.29. The third-order valence-electron chi connectivity index (χ3n) is 6.26. The molecule has 0 spiro atoms. The molecular weight excluding hydrogens is 530 g/mol. The molecular formula is C25H29N5O8S. The predicted molar refractivity (Wildman–Crippen MR) is 142 cm³/mol. The zero-order chi connectivity index (χ0) is 27.6. The maximum absolute atomic E-state index is 13.8. The van der Waals surface area contributed by atoms with Crippen molar-refractivity contribution in [1.82, 2.24) is 15.4 Å². The Morgan fingerprint density at radius 2 is 1.90 bits per heavy atom. The fraction of sp³-hybridized carbons (Fsp3) is 0.360. The second-order valence-corrected chi connectivity index (χ2v) is 10.2. The molecule has 3 N–H and O–H groups in total. The van der Waals surface area contributed by atoms with E-state index in [4.69, 9.17) is 28.2 Å². The summed E-state index contributed by atoms with van der Waals surface area (Å²) in [5.74, 6) is 1.16. The number of H-pyrrole nitrogens is 1. The van der Waals surface area contributed by atoms with Gasteiger partial charge in [-0.25, -0.2) is 8.42 Å². The molecule has 1 unspecified atom stereocenters. The summed E-state index contributed by atoms with van der Waals surface area (Å²) >= 11 is 0. The Kier molecular flexibility index (Phi) is 7.50. The highest BCUT2D eigenvalue weighted by molar-refractivity contribution is 7.93. The molecule has 14 heteroatoms. The highest BCUT2D eigenvalue weighted by Gasteiger charge is 2.32. The van der Waals surface area contributed by atoms with E-state index in [0.717, 1.165) is 12.1 Å². The van der Waals surface area contributed by atoms with Gasteiger partial charge in [0.1, 0.15) is 23.4 Å². The first-order chi connectivity index (χ1) is 18.9. The molecule has 0 saturated carbocycles. The van der Waals surface area contributed by atoms with E-state index in [1.54, 1.807) is 24.3 Å². The maximum Gasteiger partial charge on any atom is 0.270 e. The van der Waals surface area contributed by atoms with Gasteiger partial charge in [-0.15, -0.1) is 0 Å². The molecule has 0 bridgehead atoms. The zero-order valence-corrected chi connectivity index (χ0v) is 22.7. The van der Waals surface area contributed by atoms with Crippen LogP contribution in [-0.2, 0) is 25.9 Å². The Hall–Kier alpha value is -4.01. The van der Waals surface area contributed by atoms with Crippen LogP contribution in [0.2, 0.25) is 0 Å². The second-order valence-electron chi connectivity index (χ2n) is 8.60. The lowest BCUT2D eigenvalue weighted by Gasteiger charge is -2.26. The van der Waals surface area contributed by atoms with Gasteiger partial charge in [0.2, 0.25) is 0 Å². The quantitative estimate of drug-likeness (QED) is 0.260. The first kappa shape index (κ1) is 26.6. The van der Waals surface area contributed by atoms with Crippen LogP contribution in [0.3, 0.4) is 0 Å². The van der Waals surface area contributed by atoms with Crippen LogP contribution in [0.25, 0.3) is 11.0 Å². The molecule has 1 saturated heterocycles. The summed E-state index contributed by atoms with van der Waals surface area (Å²) in [6, 6.07) is 8.40. The smallest absolute Gasteiger partial charge is 0.270 e. The van der Waals surface area contributed by atoms with Crippen LogP contribution < -0.4 is 24.2 Å². The lowest BCUT2D eigenvalue weighted by molar-refractivity contribution is -0.0909. The number of benzene rings is 2. The van der Waals surface area contributed by atoms with E-state index in [1.807, 2.05) is 13.0 Å². The van der Waals surface area contributed by atoms with Crippen LogP contribution in [0.15, 0.2) is 39.8 Å². The van der Waals surface area contributed by atoms with E-state index in [-0.39, 0.29) is 28.8 Å². The van der Waals surface area contributed by atoms with E-state index in [2.05, 4.69) is 25.4 Å². The summed E-state index contributed by atoms with van der Waals surface area (Å²) < 4.78 is 63.3. The van der Waals surface area contributed by atoms with E-state index in [1.165, 1.54) is 21.3 Å². The maximum atomic E-state index is 13.8. The number of nitrogens with zero attached hydrogens (tertiary/aromatic N) is 2. The molecule has 208 valence electrons. The van der Waals surface area contributed by atoms with E-state index < -0.39 is 16.1 Å². The summed E-state index contributed by atoms with van der Waals surface area (Å²) in [7, 11) is -0.0253. The number of sulfonamides is 1. The Labute approximate surface area is 224 Å². The highest BCUT2D eigenvalue weighted by Crippen LogP contribution is 2.42. The van der Waals surface area contributed by atoms with Crippen molar-refractivity contribution in [2.75, 3.05) is 51.2 Å². The number of rotatable bonds is 10.